The third kappa shape index (κ3) is 6.51. The molecule has 2 rings (SSSR count). The summed E-state index contributed by atoms with van der Waals surface area (Å²) in [5.74, 6) is -1.72. The average molecular weight is 404 g/mol. The molecular formula is C19H20N2O6S. The predicted octanol–water partition coefficient (Wildman–Crippen LogP) is 1.39. The van der Waals surface area contributed by atoms with Gasteiger partial charge in [0.05, 0.1) is 11.3 Å². The lowest BCUT2D eigenvalue weighted by Gasteiger charge is -2.08. The Morgan fingerprint density at radius 3 is 2.29 bits per heavy atom. The summed E-state index contributed by atoms with van der Waals surface area (Å²) in [6, 6.07) is 12.2. The Balaban J connectivity index is 1.91. The van der Waals surface area contributed by atoms with Gasteiger partial charge in [-0.1, -0.05) is 12.1 Å². The molecule has 0 heterocycles. The molecular weight excluding hydrogens is 384 g/mol. The monoisotopic (exact) mass is 404 g/mol. The minimum atomic E-state index is -3.23. The second-order valence-corrected chi connectivity index (χ2v) is 8.19. The van der Waals surface area contributed by atoms with Crippen molar-refractivity contribution in [3.63, 3.8) is 0 Å². The van der Waals surface area contributed by atoms with Crippen LogP contribution in [0.25, 0.3) is 0 Å². The molecule has 0 saturated heterocycles. The zero-order valence-corrected chi connectivity index (χ0v) is 16.2. The number of ether oxygens (including phenoxy) is 1. The summed E-state index contributed by atoms with van der Waals surface area (Å²) < 4.78 is 27.7. The number of hydrogen-bond acceptors (Lipinski definition) is 6. The lowest BCUT2D eigenvalue weighted by Crippen LogP contribution is -2.21. The number of sulfone groups is 1. The number of hydrogen-bond donors (Lipinski definition) is 2. The van der Waals surface area contributed by atoms with E-state index in [2.05, 4.69) is 10.6 Å². The van der Waals surface area contributed by atoms with Crippen molar-refractivity contribution in [2.75, 3.05) is 25.2 Å². The molecule has 0 saturated carbocycles. The van der Waals surface area contributed by atoms with E-state index in [1.54, 1.807) is 36.4 Å². The van der Waals surface area contributed by atoms with Gasteiger partial charge in [0.25, 0.3) is 11.8 Å². The first-order valence-electron chi connectivity index (χ1n) is 8.24. The molecule has 0 unspecified atom stereocenters. The van der Waals surface area contributed by atoms with E-state index in [1.165, 1.54) is 19.2 Å². The van der Waals surface area contributed by atoms with Crippen molar-refractivity contribution in [2.24, 2.45) is 0 Å². The van der Waals surface area contributed by atoms with Crippen LogP contribution in [0.2, 0.25) is 0 Å². The highest BCUT2D eigenvalue weighted by atomic mass is 32.2. The number of anilines is 1. The molecule has 0 spiro atoms. The van der Waals surface area contributed by atoms with Crippen LogP contribution in [0.4, 0.5) is 5.69 Å². The number of carbonyl (C=O) groups is 3. The Hall–Kier alpha value is -3.20. The number of nitrogens with one attached hydrogen (secondary N) is 2. The molecule has 28 heavy (non-hydrogen) atoms. The summed E-state index contributed by atoms with van der Waals surface area (Å²) in [7, 11) is -1.71. The highest BCUT2D eigenvalue weighted by molar-refractivity contribution is 7.89. The van der Waals surface area contributed by atoms with Gasteiger partial charge >= 0.3 is 5.97 Å². The van der Waals surface area contributed by atoms with Crippen LogP contribution in [0.1, 0.15) is 26.3 Å². The van der Waals surface area contributed by atoms with Crippen molar-refractivity contribution in [3.05, 3.63) is 65.2 Å². The van der Waals surface area contributed by atoms with E-state index in [1.807, 2.05) is 0 Å². The van der Waals surface area contributed by atoms with E-state index in [0.29, 0.717) is 16.8 Å². The van der Waals surface area contributed by atoms with E-state index < -0.39 is 28.3 Å². The summed E-state index contributed by atoms with van der Waals surface area (Å²) in [6.07, 6.45) is 1.10. The minimum Gasteiger partial charge on any atom is -0.452 e. The van der Waals surface area contributed by atoms with Gasteiger partial charge in [0, 0.05) is 24.6 Å². The Labute approximate surface area is 162 Å². The van der Waals surface area contributed by atoms with Gasteiger partial charge < -0.3 is 15.4 Å². The molecule has 0 aromatic heterocycles. The largest absolute Gasteiger partial charge is 0.452 e. The molecule has 2 aromatic rings. The van der Waals surface area contributed by atoms with Gasteiger partial charge in [0.15, 0.2) is 16.4 Å². The van der Waals surface area contributed by atoms with Gasteiger partial charge in [-0.25, -0.2) is 13.2 Å². The van der Waals surface area contributed by atoms with Crippen LogP contribution in [0, 0.1) is 0 Å². The number of carbonyl (C=O) groups excluding carboxylic acids is 3. The molecule has 8 nitrogen and oxygen atoms in total. The summed E-state index contributed by atoms with van der Waals surface area (Å²) in [5, 5.41) is 5.04. The third-order valence-corrected chi connectivity index (χ3v) is 4.44. The van der Waals surface area contributed by atoms with Crippen LogP contribution in [0.3, 0.4) is 0 Å². The van der Waals surface area contributed by atoms with Crippen molar-refractivity contribution >= 4 is 33.3 Å². The van der Waals surface area contributed by atoms with Crippen LogP contribution in [0.5, 0.6) is 0 Å². The third-order valence-electron chi connectivity index (χ3n) is 3.58. The van der Waals surface area contributed by atoms with Crippen molar-refractivity contribution in [3.8, 4) is 0 Å². The highest BCUT2D eigenvalue weighted by Gasteiger charge is 2.13. The molecule has 0 aliphatic rings. The highest BCUT2D eigenvalue weighted by Crippen LogP contribution is 2.11. The number of benzene rings is 2. The zero-order chi connectivity index (χ0) is 20.7. The van der Waals surface area contributed by atoms with Gasteiger partial charge in [-0.3, -0.25) is 9.59 Å². The maximum atomic E-state index is 12.1. The van der Waals surface area contributed by atoms with E-state index in [0.717, 1.165) is 6.26 Å². The maximum Gasteiger partial charge on any atom is 0.338 e. The lowest BCUT2D eigenvalue weighted by molar-refractivity contribution is -0.119. The molecule has 2 N–H and O–H groups in total. The Kier molecular flexibility index (Phi) is 6.89. The first kappa shape index (κ1) is 21.1. The molecule has 0 atom stereocenters. The van der Waals surface area contributed by atoms with Gasteiger partial charge in [-0.15, -0.1) is 0 Å². The maximum absolute atomic E-state index is 12.1. The molecule has 0 aliphatic carbocycles. The van der Waals surface area contributed by atoms with Crippen LogP contribution in [-0.2, 0) is 25.1 Å². The summed E-state index contributed by atoms with van der Waals surface area (Å²) in [5.41, 5.74) is 1.51. The predicted molar refractivity (Wildman–Crippen MR) is 104 cm³/mol. The van der Waals surface area contributed by atoms with Crippen LogP contribution >= 0.6 is 0 Å². The van der Waals surface area contributed by atoms with Crippen molar-refractivity contribution < 1.29 is 27.5 Å². The first-order chi connectivity index (χ1) is 13.2. The van der Waals surface area contributed by atoms with Crippen molar-refractivity contribution in [2.45, 2.75) is 5.75 Å². The standard InChI is InChI=1S/C19H20N2O6S/c1-20-18(23)14-6-8-16(9-7-14)21-17(22)11-27-19(24)15-5-3-4-13(10-15)12-28(2,25)26/h3-10H,11-12H2,1-2H3,(H,20,23)(H,21,22). The molecule has 0 fully saturated rings. The van der Waals surface area contributed by atoms with Gasteiger partial charge in [-0.2, -0.15) is 0 Å². The fraction of sp³-hybridized carbons (Fsp3) is 0.211. The average Bonchev–Trinajstić information content (AvgIpc) is 2.65. The Bertz CT molecular complexity index is 984. The second kappa shape index (κ2) is 9.14. The summed E-state index contributed by atoms with van der Waals surface area (Å²) in [4.78, 5) is 35.5. The lowest BCUT2D eigenvalue weighted by atomic mass is 10.1. The molecule has 148 valence electrons. The minimum absolute atomic E-state index is 0.156. The molecule has 0 bridgehead atoms. The van der Waals surface area contributed by atoms with Gasteiger partial charge in [0.2, 0.25) is 0 Å². The van der Waals surface area contributed by atoms with Crippen molar-refractivity contribution in [1.82, 2.24) is 5.32 Å². The van der Waals surface area contributed by atoms with Gasteiger partial charge in [0.1, 0.15) is 0 Å². The Morgan fingerprint density at radius 1 is 1.00 bits per heavy atom. The summed E-state index contributed by atoms with van der Waals surface area (Å²) in [6.45, 7) is -0.508. The quantitative estimate of drug-likeness (QED) is 0.673. The first-order valence-corrected chi connectivity index (χ1v) is 10.3. The van der Waals surface area contributed by atoms with Crippen LogP contribution in [-0.4, -0.2) is 46.1 Å². The van der Waals surface area contributed by atoms with Gasteiger partial charge in [-0.05, 0) is 42.0 Å². The topological polar surface area (TPSA) is 119 Å². The normalized spacial score (nSPS) is 10.8. The summed E-state index contributed by atoms with van der Waals surface area (Å²) >= 11 is 0. The van der Waals surface area contributed by atoms with E-state index in [4.69, 9.17) is 4.74 Å². The SMILES string of the molecule is CNC(=O)c1ccc(NC(=O)COC(=O)c2cccc(CS(C)(=O)=O)c2)cc1. The van der Waals surface area contributed by atoms with E-state index in [-0.39, 0.29) is 17.2 Å². The number of rotatable bonds is 7. The smallest absolute Gasteiger partial charge is 0.338 e. The molecule has 0 radical (unpaired) electrons. The molecule has 2 amide bonds. The molecule has 0 aliphatic heterocycles. The van der Waals surface area contributed by atoms with Crippen molar-refractivity contribution in [1.29, 1.82) is 0 Å². The Morgan fingerprint density at radius 2 is 1.68 bits per heavy atom. The van der Waals surface area contributed by atoms with Crippen LogP contribution < -0.4 is 10.6 Å². The number of esters is 1. The fourth-order valence-electron chi connectivity index (χ4n) is 2.35. The second-order valence-electron chi connectivity index (χ2n) is 6.05. The van der Waals surface area contributed by atoms with E-state index >= 15 is 0 Å². The van der Waals surface area contributed by atoms with E-state index in [9.17, 15) is 22.8 Å². The van der Waals surface area contributed by atoms with Crippen LogP contribution in [0.15, 0.2) is 48.5 Å². The zero-order valence-electron chi connectivity index (χ0n) is 15.4. The number of amides is 2. The fourth-order valence-corrected chi connectivity index (χ4v) is 3.14. The molecule has 9 heteroatoms. The molecule has 2 aromatic carbocycles.